The molecular weight excluding hydrogens is 646 g/mol. The topological polar surface area (TPSA) is 80.8 Å². The molecule has 4 rings (SSSR count). The van der Waals surface area contributed by atoms with Crippen molar-refractivity contribution < 1.29 is 36.6 Å². The molecule has 2 heterocycles. The zero-order valence-electron chi connectivity index (χ0n) is 24.7. The molecule has 0 bridgehead atoms. The maximum absolute atomic E-state index is 13.9. The van der Waals surface area contributed by atoms with Gasteiger partial charge in [0.25, 0.3) is 5.91 Å². The summed E-state index contributed by atoms with van der Waals surface area (Å²) in [7, 11) is 0. The van der Waals surface area contributed by atoms with Crippen LogP contribution in [0.3, 0.4) is 0 Å². The number of hydrogen-bond acceptors (Lipinski definition) is 6. The van der Waals surface area contributed by atoms with E-state index in [4.69, 9.17) is 9.72 Å². The Hall–Kier alpha value is -3.41. The fourth-order valence-corrected chi connectivity index (χ4v) is 5.87. The third-order valence-electron chi connectivity index (χ3n) is 7.61. The van der Waals surface area contributed by atoms with Crippen molar-refractivity contribution >= 4 is 44.5 Å². The molecule has 0 radical (unpaired) electrons. The molecule has 2 unspecified atom stereocenters. The fourth-order valence-electron chi connectivity index (χ4n) is 5.51. The molecule has 1 aromatic heterocycles. The van der Waals surface area contributed by atoms with E-state index >= 15 is 0 Å². The van der Waals surface area contributed by atoms with Gasteiger partial charge in [-0.25, -0.2) is 9.37 Å². The molecule has 1 aliphatic rings. The molecule has 0 spiro atoms. The first-order valence-corrected chi connectivity index (χ1v) is 15.6. The van der Waals surface area contributed by atoms with Gasteiger partial charge >= 0.3 is 12.3 Å². The molecule has 44 heavy (non-hydrogen) atoms. The molecule has 2 atom stereocenters. The van der Waals surface area contributed by atoms with E-state index in [9.17, 15) is 27.2 Å². The fraction of sp³-hybridized carbons (Fsp3) is 0.469. The summed E-state index contributed by atoms with van der Waals surface area (Å²) in [6.45, 7) is 5.12. The standard InChI is InChI=1S/C32H36BrF4N3O4/c1-3-9-27(34)43-28(41)15-12-21(23-10-5-6-11-26(23)44-32(35,36)37)19-38-31(42)29-20(2)30(40-16-7-4-8-17-40)39-25-14-13-22(33)18-24(25)29/h5-6,10-11,13-14,18,21,27H,3-4,7-9,12,15-17,19H2,1-2H3,(H,38,42). The normalized spacial score (nSPS) is 15.1. The monoisotopic (exact) mass is 681 g/mol. The molecule has 3 aromatic rings. The molecule has 0 aliphatic carbocycles. The van der Waals surface area contributed by atoms with Crippen molar-refractivity contribution in [3.05, 3.63) is 63.6 Å². The predicted octanol–water partition coefficient (Wildman–Crippen LogP) is 8.13. The summed E-state index contributed by atoms with van der Waals surface area (Å²) >= 11 is 3.47. The largest absolute Gasteiger partial charge is 0.573 e. The van der Waals surface area contributed by atoms with Crippen LogP contribution in [0.5, 0.6) is 5.75 Å². The van der Waals surface area contributed by atoms with Gasteiger partial charge in [0, 0.05) is 53.8 Å². The Morgan fingerprint density at radius 2 is 1.82 bits per heavy atom. The van der Waals surface area contributed by atoms with E-state index in [1.54, 1.807) is 13.0 Å². The van der Waals surface area contributed by atoms with E-state index in [0.717, 1.165) is 42.6 Å². The number of anilines is 1. The maximum Gasteiger partial charge on any atom is 0.573 e. The van der Waals surface area contributed by atoms with Gasteiger partial charge in [-0.2, -0.15) is 0 Å². The Morgan fingerprint density at radius 1 is 1.09 bits per heavy atom. The van der Waals surface area contributed by atoms with E-state index in [-0.39, 0.29) is 31.4 Å². The number of nitrogens with zero attached hydrogens (tertiary/aromatic N) is 2. The van der Waals surface area contributed by atoms with Crippen LogP contribution in [0.2, 0.25) is 0 Å². The summed E-state index contributed by atoms with van der Waals surface area (Å²) in [6, 6.07) is 11.1. The summed E-state index contributed by atoms with van der Waals surface area (Å²) in [6.07, 6.45) is -3.31. The zero-order chi connectivity index (χ0) is 31.9. The Labute approximate surface area is 262 Å². The third-order valence-corrected chi connectivity index (χ3v) is 8.11. The van der Waals surface area contributed by atoms with Gasteiger partial charge in [-0.1, -0.05) is 41.1 Å². The highest BCUT2D eigenvalue weighted by atomic mass is 79.9. The number of rotatable bonds is 12. The molecule has 1 amide bonds. The van der Waals surface area contributed by atoms with Gasteiger partial charge in [-0.05, 0) is 68.9 Å². The summed E-state index contributed by atoms with van der Waals surface area (Å²) in [5, 5.41) is 3.52. The Kier molecular flexibility index (Phi) is 11.5. The number of hydrogen-bond donors (Lipinski definition) is 1. The summed E-state index contributed by atoms with van der Waals surface area (Å²) in [5.41, 5.74) is 1.90. The number of pyridine rings is 1. The van der Waals surface area contributed by atoms with Crippen molar-refractivity contribution in [2.45, 2.75) is 77.4 Å². The lowest BCUT2D eigenvalue weighted by molar-refractivity contribution is -0.275. The molecule has 0 saturated carbocycles. The molecule has 1 saturated heterocycles. The molecule has 1 aliphatic heterocycles. The first-order valence-electron chi connectivity index (χ1n) is 14.8. The van der Waals surface area contributed by atoms with E-state index < -0.39 is 36.3 Å². The first-order chi connectivity index (χ1) is 21.0. The van der Waals surface area contributed by atoms with Crippen LogP contribution in [0, 0.1) is 6.92 Å². The number of carbonyl (C=O) groups excluding carboxylic acids is 2. The molecule has 7 nitrogen and oxygen atoms in total. The van der Waals surface area contributed by atoms with Crippen molar-refractivity contribution in [2.24, 2.45) is 0 Å². The van der Waals surface area contributed by atoms with Crippen LogP contribution >= 0.6 is 15.9 Å². The molecule has 238 valence electrons. The van der Waals surface area contributed by atoms with Gasteiger partial charge < -0.3 is 19.7 Å². The predicted molar refractivity (Wildman–Crippen MR) is 164 cm³/mol. The number of alkyl halides is 4. The van der Waals surface area contributed by atoms with Crippen LogP contribution in [0.4, 0.5) is 23.4 Å². The van der Waals surface area contributed by atoms with Crippen LogP contribution in [0.25, 0.3) is 10.9 Å². The highest BCUT2D eigenvalue weighted by molar-refractivity contribution is 9.10. The Bertz CT molecular complexity index is 1460. The Balaban J connectivity index is 1.64. The minimum Gasteiger partial charge on any atom is -0.431 e. The average Bonchev–Trinajstić information content (AvgIpc) is 2.97. The second kappa shape index (κ2) is 15.0. The molecule has 1 N–H and O–H groups in total. The van der Waals surface area contributed by atoms with Gasteiger partial charge in [0.15, 0.2) is 0 Å². The minimum absolute atomic E-state index is 0.0170. The van der Waals surface area contributed by atoms with Crippen LogP contribution < -0.4 is 15.0 Å². The molecule has 12 heteroatoms. The quantitative estimate of drug-likeness (QED) is 0.154. The third kappa shape index (κ3) is 8.83. The number of carbonyl (C=O) groups is 2. The number of esters is 1. The van der Waals surface area contributed by atoms with E-state index in [2.05, 4.69) is 30.9 Å². The van der Waals surface area contributed by atoms with Crippen molar-refractivity contribution in [3.63, 3.8) is 0 Å². The summed E-state index contributed by atoms with van der Waals surface area (Å²) in [5.74, 6) is -1.75. The SMILES string of the molecule is CCCC(F)OC(=O)CCC(CNC(=O)c1c(C)c(N2CCCCC2)nc2ccc(Br)cc12)c1ccccc1OC(F)(F)F. The van der Waals surface area contributed by atoms with Crippen LogP contribution in [0.1, 0.15) is 79.3 Å². The van der Waals surface area contributed by atoms with Crippen molar-refractivity contribution in [3.8, 4) is 5.75 Å². The number of benzene rings is 2. The van der Waals surface area contributed by atoms with Crippen molar-refractivity contribution in [2.75, 3.05) is 24.5 Å². The molecular formula is C32H36BrF4N3O4. The highest BCUT2D eigenvalue weighted by Gasteiger charge is 2.33. The van der Waals surface area contributed by atoms with Gasteiger partial charge in [-0.3, -0.25) is 9.59 Å². The highest BCUT2D eigenvalue weighted by Crippen LogP contribution is 2.35. The number of fused-ring (bicyclic) bond motifs is 1. The van der Waals surface area contributed by atoms with Gasteiger partial charge in [0.2, 0.25) is 6.36 Å². The average molecular weight is 683 g/mol. The second-order valence-electron chi connectivity index (χ2n) is 10.9. The van der Waals surface area contributed by atoms with Gasteiger partial charge in [-0.15, -0.1) is 13.2 Å². The maximum atomic E-state index is 13.9. The van der Waals surface area contributed by atoms with Gasteiger partial charge in [0.1, 0.15) is 11.6 Å². The second-order valence-corrected chi connectivity index (χ2v) is 11.8. The number of piperidine rings is 1. The van der Waals surface area contributed by atoms with Gasteiger partial charge in [0.05, 0.1) is 11.1 Å². The van der Waals surface area contributed by atoms with Crippen LogP contribution in [0.15, 0.2) is 46.9 Å². The number of nitrogens with one attached hydrogen (secondary N) is 1. The molecule has 1 fully saturated rings. The zero-order valence-corrected chi connectivity index (χ0v) is 26.3. The number of para-hydroxylation sites is 1. The number of amides is 1. The van der Waals surface area contributed by atoms with Crippen LogP contribution in [-0.2, 0) is 9.53 Å². The molecule has 2 aromatic carbocycles. The smallest absolute Gasteiger partial charge is 0.431 e. The van der Waals surface area contributed by atoms with Crippen LogP contribution in [-0.4, -0.2) is 49.2 Å². The number of halogens is 5. The van der Waals surface area contributed by atoms with E-state index in [1.807, 2.05) is 25.1 Å². The first kappa shape index (κ1) is 33.5. The Morgan fingerprint density at radius 3 is 2.52 bits per heavy atom. The van der Waals surface area contributed by atoms with E-state index in [0.29, 0.717) is 28.5 Å². The summed E-state index contributed by atoms with van der Waals surface area (Å²) < 4.78 is 63.5. The number of aromatic nitrogens is 1. The van der Waals surface area contributed by atoms with Crippen molar-refractivity contribution in [1.29, 1.82) is 0 Å². The lowest BCUT2D eigenvalue weighted by Gasteiger charge is -2.30. The lowest BCUT2D eigenvalue weighted by atomic mass is 9.92. The lowest BCUT2D eigenvalue weighted by Crippen LogP contribution is -2.33. The number of ether oxygens (including phenoxy) is 2. The van der Waals surface area contributed by atoms with Crippen molar-refractivity contribution in [1.82, 2.24) is 10.3 Å². The van der Waals surface area contributed by atoms with E-state index in [1.165, 1.54) is 18.2 Å². The summed E-state index contributed by atoms with van der Waals surface area (Å²) in [4.78, 5) is 33.3. The minimum atomic E-state index is -4.95.